The first-order chi connectivity index (χ1) is 12.5. The summed E-state index contributed by atoms with van der Waals surface area (Å²) in [5, 5.41) is 2.70. The molecular weight excluding hydrogens is 357 g/mol. The van der Waals surface area contributed by atoms with E-state index < -0.39 is 5.82 Å². The van der Waals surface area contributed by atoms with E-state index in [1.165, 1.54) is 18.2 Å². The van der Waals surface area contributed by atoms with Crippen LogP contribution in [-0.2, 0) is 4.79 Å². The first-order valence-electron chi connectivity index (χ1n) is 8.46. The number of anilines is 1. The number of benzene rings is 2. The summed E-state index contributed by atoms with van der Waals surface area (Å²) in [4.78, 5) is 27.5. The van der Waals surface area contributed by atoms with Gasteiger partial charge < -0.3 is 15.1 Å². The molecule has 26 heavy (non-hydrogen) atoms. The zero-order valence-electron chi connectivity index (χ0n) is 14.2. The van der Waals surface area contributed by atoms with Gasteiger partial charge in [0.15, 0.2) is 6.54 Å². The van der Waals surface area contributed by atoms with Crippen LogP contribution in [0.5, 0.6) is 0 Å². The second-order valence-electron chi connectivity index (χ2n) is 6.26. The number of amides is 2. The number of quaternary nitrogens is 1. The Morgan fingerprint density at radius 3 is 2.46 bits per heavy atom. The molecule has 1 heterocycles. The first-order valence-corrected chi connectivity index (χ1v) is 8.83. The lowest BCUT2D eigenvalue weighted by Crippen LogP contribution is -3.15. The second kappa shape index (κ2) is 8.29. The Hall–Kier alpha value is -2.44. The standard InChI is InChI=1S/C19H19ClFN3O2/c20-16-12-15(6-7-17(16)21)22-18(25)13-23-8-10-24(11-9-23)19(26)14-4-2-1-3-5-14/h1-7,12H,8-11,13H2,(H,22,25)/p+1. The van der Waals surface area contributed by atoms with Crippen molar-refractivity contribution < 1.29 is 18.9 Å². The summed E-state index contributed by atoms with van der Waals surface area (Å²) in [7, 11) is 0. The van der Waals surface area contributed by atoms with Crippen LogP contribution in [0.4, 0.5) is 10.1 Å². The van der Waals surface area contributed by atoms with Gasteiger partial charge >= 0.3 is 0 Å². The van der Waals surface area contributed by atoms with Crippen LogP contribution in [-0.4, -0.2) is 49.4 Å². The number of halogens is 2. The van der Waals surface area contributed by atoms with E-state index in [0.717, 1.165) is 4.90 Å². The lowest BCUT2D eigenvalue weighted by molar-refractivity contribution is -0.895. The van der Waals surface area contributed by atoms with Gasteiger partial charge in [-0.2, -0.15) is 0 Å². The van der Waals surface area contributed by atoms with Crippen molar-refractivity contribution in [3.05, 3.63) is 64.9 Å². The maximum Gasteiger partial charge on any atom is 0.279 e. The highest BCUT2D eigenvalue weighted by Gasteiger charge is 2.25. The monoisotopic (exact) mass is 376 g/mol. The molecule has 2 aromatic rings. The maximum atomic E-state index is 13.2. The number of nitrogens with zero attached hydrogens (tertiary/aromatic N) is 1. The van der Waals surface area contributed by atoms with Gasteiger partial charge in [0.25, 0.3) is 11.8 Å². The van der Waals surface area contributed by atoms with Crippen molar-refractivity contribution in [2.24, 2.45) is 0 Å². The van der Waals surface area contributed by atoms with E-state index in [0.29, 0.717) is 44.0 Å². The normalized spacial score (nSPS) is 14.9. The van der Waals surface area contributed by atoms with Gasteiger partial charge in [0.2, 0.25) is 0 Å². The molecule has 0 spiro atoms. The fourth-order valence-corrected chi connectivity index (χ4v) is 3.15. The van der Waals surface area contributed by atoms with Gasteiger partial charge in [0.1, 0.15) is 5.82 Å². The number of rotatable bonds is 4. The van der Waals surface area contributed by atoms with Gasteiger partial charge in [-0.3, -0.25) is 9.59 Å². The molecule has 2 amide bonds. The van der Waals surface area contributed by atoms with Crippen LogP contribution in [0.15, 0.2) is 48.5 Å². The van der Waals surface area contributed by atoms with Crippen LogP contribution in [0.1, 0.15) is 10.4 Å². The van der Waals surface area contributed by atoms with Gasteiger partial charge in [-0.05, 0) is 30.3 Å². The molecule has 7 heteroatoms. The molecule has 2 aromatic carbocycles. The van der Waals surface area contributed by atoms with Crippen LogP contribution in [0, 0.1) is 5.82 Å². The summed E-state index contributed by atoms with van der Waals surface area (Å²) >= 11 is 5.72. The number of piperazine rings is 1. The minimum absolute atomic E-state index is 0.0232. The first kappa shape index (κ1) is 18.4. The average Bonchev–Trinajstić information content (AvgIpc) is 2.65. The minimum atomic E-state index is -0.519. The SMILES string of the molecule is O=C(C[NH+]1CCN(C(=O)c2ccccc2)CC1)Nc1ccc(F)c(Cl)c1. The van der Waals surface area contributed by atoms with Crippen molar-refractivity contribution in [1.29, 1.82) is 0 Å². The molecule has 1 aliphatic rings. The molecule has 0 atom stereocenters. The molecule has 0 aliphatic carbocycles. The number of carbonyl (C=O) groups is 2. The Bertz CT molecular complexity index is 793. The molecule has 0 saturated carbocycles. The third kappa shape index (κ3) is 4.59. The quantitative estimate of drug-likeness (QED) is 0.848. The van der Waals surface area contributed by atoms with Crippen LogP contribution in [0.2, 0.25) is 5.02 Å². The summed E-state index contributed by atoms with van der Waals surface area (Å²) in [5.74, 6) is -0.657. The number of hydrogen-bond donors (Lipinski definition) is 2. The van der Waals surface area contributed by atoms with Crippen molar-refractivity contribution >= 4 is 29.1 Å². The van der Waals surface area contributed by atoms with E-state index in [1.807, 2.05) is 35.2 Å². The minimum Gasteiger partial charge on any atom is -0.327 e. The van der Waals surface area contributed by atoms with Crippen molar-refractivity contribution in [1.82, 2.24) is 4.90 Å². The zero-order chi connectivity index (χ0) is 18.5. The molecule has 1 saturated heterocycles. The maximum absolute atomic E-state index is 13.2. The average molecular weight is 377 g/mol. The highest BCUT2D eigenvalue weighted by atomic mass is 35.5. The predicted octanol–water partition coefficient (Wildman–Crippen LogP) is 1.46. The molecule has 5 nitrogen and oxygen atoms in total. The Kier molecular flexibility index (Phi) is 5.85. The lowest BCUT2D eigenvalue weighted by atomic mass is 10.2. The number of hydrogen-bond acceptors (Lipinski definition) is 2. The Labute approximate surface area is 156 Å². The van der Waals surface area contributed by atoms with E-state index in [2.05, 4.69) is 5.32 Å². The second-order valence-corrected chi connectivity index (χ2v) is 6.67. The van der Waals surface area contributed by atoms with Gasteiger partial charge in [-0.1, -0.05) is 29.8 Å². The van der Waals surface area contributed by atoms with E-state index in [1.54, 1.807) is 0 Å². The summed E-state index contributed by atoms with van der Waals surface area (Å²) in [6.45, 7) is 2.92. The summed E-state index contributed by atoms with van der Waals surface area (Å²) in [6, 6.07) is 13.3. The van der Waals surface area contributed by atoms with Crippen LogP contribution in [0.25, 0.3) is 0 Å². The molecule has 2 N–H and O–H groups in total. The van der Waals surface area contributed by atoms with Crippen molar-refractivity contribution in [2.45, 2.75) is 0 Å². The van der Waals surface area contributed by atoms with Gasteiger partial charge in [-0.25, -0.2) is 4.39 Å². The highest BCUT2D eigenvalue weighted by molar-refractivity contribution is 6.31. The number of carbonyl (C=O) groups excluding carboxylic acids is 2. The van der Waals surface area contributed by atoms with Crippen LogP contribution in [0.3, 0.4) is 0 Å². The summed E-state index contributed by atoms with van der Waals surface area (Å²) in [6.07, 6.45) is 0. The van der Waals surface area contributed by atoms with E-state index in [4.69, 9.17) is 11.6 Å². The Morgan fingerprint density at radius 1 is 1.12 bits per heavy atom. The van der Waals surface area contributed by atoms with Gasteiger partial charge in [0.05, 0.1) is 31.2 Å². The predicted molar refractivity (Wildman–Crippen MR) is 97.9 cm³/mol. The van der Waals surface area contributed by atoms with Crippen molar-refractivity contribution in [3.63, 3.8) is 0 Å². The van der Waals surface area contributed by atoms with Gasteiger partial charge in [-0.15, -0.1) is 0 Å². The lowest BCUT2D eigenvalue weighted by Gasteiger charge is -2.32. The molecule has 0 unspecified atom stereocenters. The third-order valence-corrected chi connectivity index (χ3v) is 4.68. The molecule has 0 bridgehead atoms. The summed E-state index contributed by atoms with van der Waals surface area (Å²) in [5.41, 5.74) is 1.15. The highest BCUT2D eigenvalue weighted by Crippen LogP contribution is 2.19. The smallest absolute Gasteiger partial charge is 0.279 e. The van der Waals surface area contributed by atoms with Crippen LogP contribution >= 0.6 is 11.6 Å². The summed E-state index contributed by atoms with van der Waals surface area (Å²) < 4.78 is 13.2. The number of nitrogens with one attached hydrogen (secondary N) is 2. The molecular formula is C19H20ClFN3O2+. The molecule has 136 valence electrons. The van der Waals surface area contributed by atoms with Crippen molar-refractivity contribution in [2.75, 3.05) is 38.0 Å². The van der Waals surface area contributed by atoms with E-state index in [9.17, 15) is 14.0 Å². The van der Waals surface area contributed by atoms with Gasteiger partial charge in [0, 0.05) is 11.3 Å². The molecule has 1 fully saturated rings. The molecule has 3 rings (SSSR count). The third-order valence-electron chi connectivity index (χ3n) is 4.39. The fourth-order valence-electron chi connectivity index (χ4n) is 2.97. The largest absolute Gasteiger partial charge is 0.327 e. The Balaban J connectivity index is 1.48. The van der Waals surface area contributed by atoms with Crippen LogP contribution < -0.4 is 10.2 Å². The molecule has 1 aliphatic heterocycles. The topological polar surface area (TPSA) is 53.9 Å². The van der Waals surface area contributed by atoms with Crippen molar-refractivity contribution in [3.8, 4) is 0 Å². The zero-order valence-corrected chi connectivity index (χ0v) is 14.9. The van der Waals surface area contributed by atoms with E-state index >= 15 is 0 Å². The fraction of sp³-hybridized carbons (Fsp3) is 0.263. The van der Waals surface area contributed by atoms with E-state index in [-0.39, 0.29) is 16.8 Å². The molecule has 0 radical (unpaired) electrons. The Morgan fingerprint density at radius 2 is 1.81 bits per heavy atom. The molecule has 0 aromatic heterocycles.